The summed E-state index contributed by atoms with van der Waals surface area (Å²) in [5.41, 5.74) is 6.14. The predicted molar refractivity (Wildman–Crippen MR) is 119 cm³/mol. The molecular formula is C24H39F3N4O3. The summed E-state index contributed by atoms with van der Waals surface area (Å²) in [5, 5.41) is 24.0. The van der Waals surface area contributed by atoms with Crippen LogP contribution in [0.3, 0.4) is 0 Å². The number of amides is 1. The molecule has 5 fully saturated rings. The molecule has 13 atom stereocenters. The maximum absolute atomic E-state index is 14.6. The molecule has 1 amide bonds. The lowest BCUT2D eigenvalue weighted by Crippen LogP contribution is -2.57. The van der Waals surface area contributed by atoms with E-state index in [-0.39, 0.29) is 60.0 Å². The van der Waals surface area contributed by atoms with Gasteiger partial charge in [-0.2, -0.15) is 0 Å². The van der Waals surface area contributed by atoms with E-state index in [0.29, 0.717) is 12.8 Å². The van der Waals surface area contributed by atoms with E-state index in [1.807, 2.05) is 20.8 Å². The van der Waals surface area contributed by atoms with Crippen LogP contribution in [0.5, 0.6) is 0 Å². The molecule has 0 aromatic heterocycles. The second-order valence-electron chi connectivity index (χ2n) is 11.8. The van der Waals surface area contributed by atoms with Crippen LogP contribution in [0.1, 0.15) is 52.9 Å². The van der Waals surface area contributed by atoms with E-state index < -0.39 is 49.4 Å². The fourth-order valence-corrected chi connectivity index (χ4v) is 7.54. The Morgan fingerprint density at radius 1 is 1.09 bits per heavy atom. The Morgan fingerprint density at radius 2 is 1.82 bits per heavy atom. The first-order valence-electron chi connectivity index (χ1n) is 12.9. The molecule has 2 saturated heterocycles. The Bertz CT molecular complexity index is 791. The van der Waals surface area contributed by atoms with Gasteiger partial charge in [0.15, 0.2) is 0 Å². The van der Waals surface area contributed by atoms with Crippen molar-refractivity contribution in [1.82, 2.24) is 21.1 Å². The minimum Gasteiger partial charge on any atom is -0.390 e. The first-order chi connectivity index (χ1) is 16.0. The fraction of sp³-hybridized carbons (Fsp3) is 0.958. The third kappa shape index (κ3) is 4.27. The molecule has 5 rings (SSSR count). The fourth-order valence-electron chi connectivity index (χ4n) is 7.54. The standard InChI is InChI=1S/C24H39F3N4O3/c1-10-4-5-13(25)6-14(10)17-8-24(26,27)9-31(17)23(34)20-18(12(3)29-30-20)11(2)28-19-15-7-16(15)21(32)22(19)33/h10-22,28-30,32-33H,4-9H2,1-3H3/t10?,11?,12?,13?,14?,15-,16+,17+,18?,19+,20?,21+,22-/m0/s1. The molecule has 0 radical (unpaired) electrons. The maximum atomic E-state index is 14.6. The number of aliphatic hydroxyl groups is 2. The first-order valence-corrected chi connectivity index (χ1v) is 12.9. The molecule has 10 heteroatoms. The van der Waals surface area contributed by atoms with Gasteiger partial charge in [0.2, 0.25) is 5.91 Å². The zero-order valence-electron chi connectivity index (χ0n) is 20.1. The number of likely N-dealkylation sites (tertiary alicyclic amines) is 1. The Kier molecular flexibility index (Phi) is 6.45. The van der Waals surface area contributed by atoms with Gasteiger partial charge >= 0.3 is 0 Å². The van der Waals surface area contributed by atoms with Crippen LogP contribution in [0.4, 0.5) is 13.2 Å². The molecule has 0 aromatic rings. The van der Waals surface area contributed by atoms with Crippen LogP contribution in [0.15, 0.2) is 0 Å². The van der Waals surface area contributed by atoms with Crippen LogP contribution in [0.25, 0.3) is 0 Å². The summed E-state index contributed by atoms with van der Waals surface area (Å²) in [4.78, 5) is 15.1. The molecule has 3 saturated carbocycles. The molecule has 2 aliphatic heterocycles. The van der Waals surface area contributed by atoms with Gasteiger partial charge < -0.3 is 20.4 Å². The summed E-state index contributed by atoms with van der Waals surface area (Å²) in [5.74, 6) is -3.44. The zero-order chi connectivity index (χ0) is 24.5. The molecule has 0 spiro atoms. The Balaban J connectivity index is 1.32. The third-order valence-corrected chi connectivity index (χ3v) is 9.52. The molecule has 5 aliphatic rings. The van der Waals surface area contributed by atoms with Gasteiger partial charge in [-0.1, -0.05) is 6.92 Å². The van der Waals surface area contributed by atoms with Crippen LogP contribution in [-0.4, -0.2) is 82.1 Å². The topological polar surface area (TPSA) is 96.9 Å². The molecule has 0 bridgehead atoms. The lowest BCUT2D eigenvalue weighted by atomic mass is 9.74. The van der Waals surface area contributed by atoms with E-state index in [4.69, 9.17) is 0 Å². The van der Waals surface area contributed by atoms with Crippen molar-refractivity contribution in [2.75, 3.05) is 6.54 Å². The highest BCUT2D eigenvalue weighted by molar-refractivity contribution is 5.83. The summed E-state index contributed by atoms with van der Waals surface area (Å²) in [6.07, 6.45) is -0.785. The summed E-state index contributed by atoms with van der Waals surface area (Å²) in [7, 11) is 0. The zero-order valence-corrected chi connectivity index (χ0v) is 20.1. The molecule has 3 aliphatic carbocycles. The van der Waals surface area contributed by atoms with Crippen LogP contribution in [-0.2, 0) is 4.79 Å². The first kappa shape index (κ1) is 24.7. The van der Waals surface area contributed by atoms with Crippen molar-refractivity contribution < 1.29 is 28.2 Å². The largest absolute Gasteiger partial charge is 0.390 e. The van der Waals surface area contributed by atoms with Crippen molar-refractivity contribution in [2.24, 2.45) is 29.6 Å². The quantitative estimate of drug-likeness (QED) is 0.399. The number of hydrogen-bond acceptors (Lipinski definition) is 6. The number of halogens is 3. The number of alkyl halides is 3. The molecule has 34 heavy (non-hydrogen) atoms. The predicted octanol–water partition coefficient (Wildman–Crippen LogP) is 1.20. The average Bonchev–Trinajstić information content (AvgIpc) is 3.29. The van der Waals surface area contributed by atoms with Crippen molar-refractivity contribution in [3.63, 3.8) is 0 Å². The Hall–Kier alpha value is -0.940. The number of nitrogens with zero attached hydrogens (tertiary/aromatic N) is 1. The third-order valence-electron chi connectivity index (χ3n) is 9.52. The van der Waals surface area contributed by atoms with Crippen LogP contribution < -0.4 is 16.2 Å². The van der Waals surface area contributed by atoms with Crippen molar-refractivity contribution >= 4 is 5.91 Å². The van der Waals surface area contributed by atoms with Crippen molar-refractivity contribution in [3.8, 4) is 0 Å². The van der Waals surface area contributed by atoms with Crippen molar-refractivity contribution in [2.45, 2.75) is 107 Å². The van der Waals surface area contributed by atoms with Gasteiger partial charge in [-0.15, -0.1) is 0 Å². The summed E-state index contributed by atoms with van der Waals surface area (Å²) >= 11 is 0. The normalized spacial score (nSPS) is 50.9. The SMILES string of the molecule is CC1CCC(F)CC1[C@H]1CC(F)(F)CN1C(=O)C1NNC(C)C1C(C)N[C@H]1[C@H](O)[C@H](O)[C@@H]2C[C@@H]21. The van der Waals surface area contributed by atoms with E-state index in [1.54, 1.807) is 0 Å². The molecule has 194 valence electrons. The van der Waals surface area contributed by atoms with Gasteiger partial charge in [0.05, 0.1) is 18.8 Å². The number of hydrogen-bond donors (Lipinski definition) is 5. The smallest absolute Gasteiger partial charge is 0.267 e. The van der Waals surface area contributed by atoms with E-state index in [1.165, 1.54) is 4.90 Å². The minimum absolute atomic E-state index is 0.0907. The number of fused-ring (bicyclic) bond motifs is 1. The number of nitrogens with one attached hydrogen (secondary N) is 3. The van der Waals surface area contributed by atoms with Gasteiger partial charge in [-0.25, -0.2) is 18.6 Å². The highest BCUT2D eigenvalue weighted by Gasteiger charge is 2.60. The second kappa shape index (κ2) is 8.87. The van der Waals surface area contributed by atoms with E-state index in [0.717, 1.165) is 6.42 Å². The van der Waals surface area contributed by atoms with Gasteiger partial charge in [0.1, 0.15) is 12.2 Å². The number of carbonyl (C=O) groups excluding carboxylic acids is 1. The van der Waals surface area contributed by atoms with Crippen LogP contribution in [0.2, 0.25) is 0 Å². The highest BCUT2D eigenvalue weighted by atomic mass is 19.3. The summed E-state index contributed by atoms with van der Waals surface area (Å²) < 4.78 is 43.5. The van der Waals surface area contributed by atoms with E-state index in [9.17, 15) is 28.2 Å². The maximum Gasteiger partial charge on any atom is 0.267 e. The van der Waals surface area contributed by atoms with Crippen molar-refractivity contribution in [3.05, 3.63) is 0 Å². The molecule has 0 aromatic carbocycles. The number of aliphatic hydroxyl groups excluding tert-OH is 2. The highest BCUT2D eigenvalue weighted by Crippen LogP contribution is 2.52. The lowest BCUT2D eigenvalue weighted by molar-refractivity contribution is -0.138. The molecule has 2 heterocycles. The number of hydrazine groups is 1. The minimum atomic E-state index is -2.98. The van der Waals surface area contributed by atoms with Crippen LogP contribution in [0, 0.1) is 29.6 Å². The van der Waals surface area contributed by atoms with Gasteiger partial charge in [0, 0.05) is 36.5 Å². The molecule has 7 unspecified atom stereocenters. The molecule has 5 N–H and O–H groups in total. The number of carbonyl (C=O) groups is 1. The van der Waals surface area contributed by atoms with E-state index in [2.05, 4.69) is 16.2 Å². The molecule has 7 nitrogen and oxygen atoms in total. The van der Waals surface area contributed by atoms with Gasteiger partial charge in [0.25, 0.3) is 5.92 Å². The monoisotopic (exact) mass is 488 g/mol. The van der Waals surface area contributed by atoms with Crippen molar-refractivity contribution in [1.29, 1.82) is 0 Å². The van der Waals surface area contributed by atoms with Gasteiger partial charge in [-0.3, -0.25) is 10.2 Å². The number of rotatable bonds is 5. The van der Waals surface area contributed by atoms with E-state index >= 15 is 0 Å². The lowest BCUT2D eigenvalue weighted by Gasteiger charge is -2.40. The van der Waals surface area contributed by atoms with Gasteiger partial charge in [-0.05, 0) is 63.2 Å². The Morgan fingerprint density at radius 3 is 2.50 bits per heavy atom. The molecular weight excluding hydrogens is 449 g/mol. The summed E-state index contributed by atoms with van der Waals surface area (Å²) in [6.45, 7) is 5.23. The summed E-state index contributed by atoms with van der Waals surface area (Å²) in [6, 6.07) is -1.94. The Labute approximate surface area is 199 Å². The second-order valence-corrected chi connectivity index (χ2v) is 11.8. The van der Waals surface area contributed by atoms with Crippen LogP contribution >= 0.6 is 0 Å². The average molecular weight is 489 g/mol.